The molecule has 1 heterocycles. The molecule has 0 aromatic rings. The lowest BCUT2D eigenvalue weighted by Gasteiger charge is -2.31. The van der Waals surface area contributed by atoms with Gasteiger partial charge in [-0.2, -0.15) is 0 Å². The highest BCUT2D eigenvalue weighted by Crippen LogP contribution is 2.38. The van der Waals surface area contributed by atoms with Crippen molar-refractivity contribution in [2.75, 3.05) is 0 Å². The second kappa shape index (κ2) is 2.71. The molecule has 1 aliphatic heterocycles. The molecule has 0 aromatic heterocycles. The monoisotopic (exact) mass is 183 g/mol. The van der Waals surface area contributed by atoms with Crippen molar-refractivity contribution < 1.29 is 9.53 Å². The molecule has 2 fully saturated rings. The second-order valence-electron chi connectivity index (χ2n) is 4.62. The van der Waals surface area contributed by atoms with E-state index in [0.29, 0.717) is 0 Å². The molecule has 3 nitrogen and oxygen atoms in total. The summed E-state index contributed by atoms with van der Waals surface area (Å²) < 4.78 is 5.83. The maximum Gasteiger partial charge on any atom is 0.254 e. The van der Waals surface area contributed by atoms with Gasteiger partial charge >= 0.3 is 0 Å². The Labute approximate surface area is 78.8 Å². The van der Waals surface area contributed by atoms with Crippen molar-refractivity contribution >= 4 is 5.91 Å². The Morgan fingerprint density at radius 3 is 2.31 bits per heavy atom. The summed E-state index contributed by atoms with van der Waals surface area (Å²) in [5.41, 5.74) is -0.948. The molecule has 1 saturated heterocycles. The number of rotatable bonds is 0. The van der Waals surface area contributed by atoms with Gasteiger partial charge in [0.1, 0.15) is 11.3 Å². The molecule has 2 aliphatic rings. The summed E-state index contributed by atoms with van der Waals surface area (Å²) in [6.07, 6.45) is 5.25. The molecule has 2 rings (SSSR count). The van der Waals surface area contributed by atoms with Crippen molar-refractivity contribution in [2.45, 2.75) is 57.3 Å². The Kier molecular flexibility index (Phi) is 1.88. The van der Waals surface area contributed by atoms with Crippen LogP contribution in [0.15, 0.2) is 0 Å². The number of carbonyl (C=O) groups is 1. The van der Waals surface area contributed by atoms with Crippen molar-refractivity contribution in [2.24, 2.45) is 0 Å². The Hall–Kier alpha value is -0.570. The zero-order valence-corrected chi connectivity index (χ0v) is 8.35. The van der Waals surface area contributed by atoms with Crippen LogP contribution >= 0.6 is 0 Å². The van der Waals surface area contributed by atoms with Gasteiger partial charge in [0.05, 0.1) is 0 Å². The van der Waals surface area contributed by atoms with E-state index in [1.807, 2.05) is 13.8 Å². The molecule has 1 aliphatic carbocycles. The topological polar surface area (TPSA) is 38.3 Å². The van der Waals surface area contributed by atoms with Crippen LogP contribution < -0.4 is 5.32 Å². The first-order valence-electron chi connectivity index (χ1n) is 5.07. The SMILES string of the molecule is CC1(C)NC(=O)C2(CCCCC2)O1. The smallest absolute Gasteiger partial charge is 0.254 e. The van der Waals surface area contributed by atoms with Crippen LogP contribution in [0.25, 0.3) is 0 Å². The highest BCUT2D eigenvalue weighted by Gasteiger charge is 2.51. The molecule has 0 atom stereocenters. The maximum absolute atomic E-state index is 11.7. The van der Waals surface area contributed by atoms with Gasteiger partial charge in [0.2, 0.25) is 0 Å². The lowest BCUT2D eigenvalue weighted by atomic mass is 9.84. The predicted molar refractivity (Wildman–Crippen MR) is 49.1 cm³/mol. The predicted octanol–water partition coefficient (Wildman–Crippen LogP) is 1.57. The molecule has 0 bridgehead atoms. The zero-order valence-electron chi connectivity index (χ0n) is 8.35. The third-order valence-corrected chi connectivity index (χ3v) is 2.94. The molecule has 0 radical (unpaired) electrons. The van der Waals surface area contributed by atoms with Crippen LogP contribution in [0, 0.1) is 0 Å². The molecule has 3 heteroatoms. The van der Waals surface area contributed by atoms with Gasteiger partial charge < -0.3 is 10.1 Å². The van der Waals surface area contributed by atoms with Crippen LogP contribution in [0.5, 0.6) is 0 Å². The van der Waals surface area contributed by atoms with E-state index in [4.69, 9.17) is 4.74 Å². The normalized spacial score (nSPS) is 30.5. The van der Waals surface area contributed by atoms with Crippen molar-refractivity contribution in [1.29, 1.82) is 0 Å². The summed E-state index contributed by atoms with van der Waals surface area (Å²) in [4.78, 5) is 11.7. The lowest BCUT2D eigenvalue weighted by molar-refractivity contribution is -0.143. The molecule has 0 aromatic carbocycles. The van der Waals surface area contributed by atoms with Gasteiger partial charge in [-0.1, -0.05) is 19.3 Å². The molecule has 1 spiro atoms. The number of carbonyl (C=O) groups excluding carboxylic acids is 1. The van der Waals surface area contributed by atoms with Crippen LogP contribution in [0.1, 0.15) is 46.0 Å². The minimum atomic E-state index is -0.484. The fourth-order valence-corrected chi connectivity index (χ4v) is 2.40. The van der Waals surface area contributed by atoms with Gasteiger partial charge in [0.25, 0.3) is 5.91 Å². The third-order valence-electron chi connectivity index (χ3n) is 2.94. The fraction of sp³-hybridized carbons (Fsp3) is 0.900. The quantitative estimate of drug-likeness (QED) is 0.619. The first-order chi connectivity index (χ1) is 6.04. The van der Waals surface area contributed by atoms with E-state index in [2.05, 4.69) is 5.32 Å². The van der Waals surface area contributed by atoms with E-state index < -0.39 is 11.3 Å². The summed E-state index contributed by atoms with van der Waals surface area (Å²) in [7, 11) is 0. The van der Waals surface area contributed by atoms with Crippen LogP contribution in [0.3, 0.4) is 0 Å². The van der Waals surface area contributed by atoms with Crippen LogP contribution in [0.2, 0.25) is 0 Å². The number of amides is 1. The van der Waals surface area contributed by atoms with Gasteiger partial charge in [-0.15, -0.1) is 0 Å². The van der Waals surface area contributed by atoms with E-state index >= 15 is 0 Å². The Morgan fingerprint density at radius 2 is 1.85 bits per heavy atom. The van der Waals surface area contributed by atoms with Gasteiger partial charge in [0, 0.05) is 0 Å². The Bertz CT molecular complexity index is 229. The van der Waals surface area contributed by atoms with Crippen LogP contribution in [-0.4, -0.2) is 17.2 Å². The minimum absolute atomic E-state index is 0.0946. The number of hydrogen-bond donors (Lipinski definition) is 1. The van der Waals surface area contributed by atoms with Crippen LogP contribution in [-0.2, 0) is 9.53 Å². The van der Waals surface area contributed by atoms with E-state index in [-0.39, 0.29) is 5.91 Å². The average molecular weight is 183 g/mol. The third kappa shape index (κ3) is 1.46. The van der Waals surface area contributed by atoms with Crippen molar-refractivity contribution in [1.82, 2.24) is 5.32 Å². The summed E-state index contributed by atoms with van der Waals surface area (Å²) >= 11 is 0. The molecular formula is C10H17NO2. The second-order valence-corrected chi connectivity index (χ2v) is 4.62. The zero-order chi connectivity index (χ0) is 9.53. The summed E-state index contributed by atoms with van der Waals surface area (Å²) in [5, 5.41) is 2.89. The van der Waals surface area contributed by atoms with Gasteiger partial charge in [0.15, 0.2) is 0 Å². The van der Waals surface area contributed by atoms with Gasteiger partial charge in [-0.25, -0.2) is 0 Å². The standard InChI is InChI=1S/C10H17NO2/c1-9(2)11-8(12)10(13-9)6-4-3-5-7-10/h3-7H2,1-2H3,(H,11,12). The van der Waals surface area contributed by atoms with E-state index in [0.717, 1.165) is 25.7 Å². The Morgan fingerprint density at radius 1 is 1.23 bits per heavy atom. The molecule has 0 unspecified atom stereocenters. The summed E-state index contributed by atoms with van der Waals surface area (Å²) in [6, 6.07) is 0. The number of nitrogens with one attached hydrogen (secondary N) is 1. The maximum atomic E-state index is 11.7. The van der Waals surface area contributed by atoms with Crippen molar-refractivity contribution in [3.05, 3.63) is 0 Å². The highest BCUT2D eigenvalue weighted by atomic mass is 16.6. The van der Waals surface area contributed by atoms with Crippen molar-refractivity contribution in [3.63, 3.8) is 0 Å². The lowest BCUT2D eigenvalue weighted by Crippen LogP contribution is -2.40. The van der Waals surface area contributed by atoms with Gasteiger partial charge in [-0.05, 0) is 26.7 Å². The average Bonchev–Trinajstić information content (AvgIpc) is 2.23. The summed E-state index contributed by atoms with van der Waals surface area (Å²) in [6.45, 7) is 3.82. The largest absolute Gasteiger partial charge is 0.340 e. The van der Waals surface area contributed by atoms with E-state index in [1.165, 1.54) is 6.42 Å². The first kappa shape index (κ1) is 9.00. The molecule has 1 N–H and O–H groups in total. The first-order valence-corrected chi connectivity index (χ1v) is 5.07. The van der Waals surface area contributed by atoms with E-state index in [1.54, 1.807) is 0 Å². The van der Waals surface area contributed by atoms with Crippen molar-refractivity contribution in [3.8, 4) is 0 Å². The molecule has 1 amide bonds. The summed E-state index contributed by atoms with van der Waals surface area (Å²) in [5.74, 6) is 0.0946. The molecule has 13 heavy (non-hydrogen) atoms. The minimum Gasteiger partial charge on any atom is -0.340 e. The van der Waals surface area contributed by atoms with Crippen LogP contribution in [0.4, 0.5) is 0 Å². The molecule has 74 valence electrons. The van der Waals surface area contributed by atoms with E-state index in [9.17, 15) is 4.79 Å². The number of hydrogen-bond acceptors (Lipinski definition) is 2. The molecular weight excluding hydrogens is 166 g/mol. The Balaban J connectivity index is 2.18. The van der Waals surface area contributed by atoms with Gasteiger partial charge in [-0.3, -0.25) is 4.79 Å². The number of ether oxygens (including phenoxy) is 1. The molecule has 1 saturated carbocycles. The highest BCUT2D eigenvalue weighted by molar-refractivity contribution is 5.87. The fourth-order valence-electron chi connectivity index (χ4n) is 2.40.